The highest BCUT2D eigenvalue weighted by Gasteiger charge is 2.08. The molecule has 0 aliphatic rings. The lowest BCUT2D eigenvalue weighted by molar-refractivity contribution is 0.663. The molecule has 2 atom stereocenters. The summed E-state index contributed by atoms with van der Waals surface area (Å²) in [5, 5.41) is 0. The Morgan fingerprint density at radius 1 is 1.40 bits per heavy atom. The molecule has 0 aromatic heterocycles. The molecule has 2 N–H and O–H groups in total. The molecule has 0 fully saturated rings. The summed E-state index contributed by atoms with van der Waals surface area (Å²) in [6.07, 6.45) is 0.888. The van der Waals surface area contributed by atoms with Crippen molar-refractivity contribution in [1.29, 1.82) is 0 Å². The first-order chi connectivity index (χ1) is 7.13. The van der Waals surface area contributed by atoms with Gasteiger partial charge in [-0.15, -0.1) is 0 Å². The number of aryl methyl sites for hydroxylation is 1. The van der Waals surface area contributed by atoms with Gasteiger partial charge in [0, 0.05) is 28.3 Å². The molecule has 0 aliphatic carbocycles. The van der Waals surface area contributed by atoms with Crippen molar-refractivity contribution in [3.05, 3.63) is 35.4 Å². The van der Waals surface area contributed by atoms with Gasteiger partial charge in [-0.05, 0) is 24.5 Å². The van der Waals surface area contributed by atoms with Crippen LogP contribution >= 0.6 is 0 Å². The van der Waals surface area contributed by atoms with Crippen molar-refractivity contribution in [2.24, 2.45) is 5.73 Å². The predicted molar refractivity (Wildman–Crippen MR) is 66.2 cm³/mol. The third-order valence-electron chi connectivity index (χ3n) is 2.50. The van der Waals surface area contributed by atoms with E-state index in [-0.39, 0.29) is 6.04 Å². The number of benzene rings is 1. The van der Waals surface area contributed by atoms with Crippen molar-refractivity contribution < 1.29 is 4.21 Å². The molecule has 3 heteroatoms. The third-order valence-corrected chi connectivity index (χ3v) is 3.94. The van der Waals surface area contributed by atoms with Crippen LogP contribution in [-0.2, 0) is 16.6 Å². The number of hydrogen-bond acceptors (Lipinski definition) is 2. The molecule has 15 heavy (non-hydrogen) atoms. The van der Waals surface area contributed by atoms with E-state index in [1.165, 1.54) is 11.1 Å². The van der Waals surface area contributed by atoms with Crippen LogP contribution in [-0.4, -0.2) is 16.0 Å². The average molecular weight is 225 g/mol. The van der Waals surface area contributed by atoms with Crippen LogP contribution < -0.4 is 5.73 Å². The van der Waals surface area contributed by atoms with E-state index < -0.39 is 10.8 Å². The summed E-state index contributed by atoms with van der Waals surface area (Å²) in [7, 11) is -0.836. The second kappa shape index (κ2) is 6.03. The van der Waals surface area contributed by atoms with Crippen molar-refractivity contribution in [2.45, 2.75) is 32.1 Å². The van der Waals surface area contributed by atoms with Crippen molar-refractivity contribution >= 4 is 10.8 Å². The van der Waals surface area contributed by atoms with E-state index in [4.69, 9.17) is 5.73 Å². The number of hydrogen-bond donors (Lipinski definition) is 1. The zero-order chi connectivity index (χ0) is 11.3. The SMILES string of the molecule is CCC(N)CS(=O)Cc1ccccc1C. The molecule has 84 valence electrons. The van der Waals surface area contributed by atoms with Gasteiger partial charge in [-0.2, -0.15) is 0 Å². The standard InChI is InChI=1S/C12H19NOS/c1-3-12(13)9-15(14)8-11-7-5-4-6-10(11)2/h4-7,12H,3,8-9,13H2,1-2H3. The van der Waals surface area contributed by atoms with Gasteiger partial charge in [-0.3, -0.25) is 4.21 Å². The van der Waals surface area contributed by atoms with Crippen molar-refractivity contribution in [1.82, 2.24) is 0 Å². The van der Waals surface area contributed by atoms with Gasteiger partial charge in [0.2, 0.25) is 0 Å². The molecule has 0 saturated heterocycles. The average Bonchev–Trinajstić information content (AvgIpc) is 2.21. The Bertz CT molecular complexity index is 338. The van der Waals surface area contributed by atoms with Crippen LogP contribution in [0.3, 0.4) is 0 Å². The minimum absolute atomic E-state index is 0.0647. The van der Waals surface area contributed by atoms with Crippen LogP contribution in [0, 0.1) is 6.92 Å². The first-order valence-corrected chi connectivity index (χ1v) is 6.77. The maximum absolute atomic E-state index is 11.8. The lowest BCUT2D eigenvalue weighted by Gasteiger charge is -2.09. The van der Waals surface area contributed by atoms with Crippen LogP contribution in [0.15, 0.2) is 24.3 Å². The maximum Gasteiger partial charge on any atom is 0.0488 e. The van der Waals surface area contributed by atoms with Gasteiger partial charge in [-0.25, -0.2) is 0 Å². The summed E-state index contributed by atoms with van der Waals surface area (Å²) >= 11 is 0. The molecule has 0 saturated carbocycles. The topological polar surface area (TPSA) is 43.1 Å². The van der Waals surface area contributed by atoms with Crippen LogP contribution in [0.5, 0.6) is 0 Å². The van der Waals surface area contributed by atoms with E-state index in [2.05, 4.69) is 0 Å². The summed E-state index contributed by atoms with van der Waals surface area (Å²) in [6.45, 7) is 4.07. The van der Waals surface area contributed by atoms with E-state index in [1.807, 2.05) is 38.1 Å². The Balaban J connectivity index is 2.55. The third kappa shape index (κ3) is 4.14. The van der Waals surface area contributed by atoms with E-state index in [0.717, 1.165) is 6.42 Å². The molecule has 2 unspecified atom stereocenters. The number of rotatable bonds is 5. The summed E-state index contributed by atoms with van der Waals surface area (Å²) in [4.78, 5) is 0. The van der Waals surface area contributed by atoms with E-state index in [0.29, 0.717) is 11.5 Å². The van der Waals surface area contributed by atoms with Crippen LogP contribution in [0.2, 0.25) is 0 Å². The molecule has 0 bridgehead atoms. The van der Waals surface area contributed by atoms with Gasteiger partial charge >= 0.3 is 0 Å². The van der Waals surface area contributed by atoms with Gasteiger partial charge < -0.3 is 5.73 Å². The first-order valence-electron chi connectivity index (χ1n) is 5.28. The van der Waals surface area contributed by atoms with Crippen molar-refractivity contribution in [3.63, 3.8) is 0 Å². The second-order valence-electron chi connectivity index (χ2n) is 3.85. The Labute approximate surface area is 94.3 Å². The van der Waals surface area contributed by atoms with Crippen LogP contribution in [0.4, 0.5) is 0 Å². The summed E-state index contributed by atoms with van der Waals surface area (Å²) in [6, 6.07) is 8.13. The van der Waals surface area contributed by atoms with Crippen molar-refractivity contribution in [3.8, 4) is 0 Å². The fraction of sp³-hybridized carbons (Fsp3) is 0.500. The Hall–Kier alpha value is -0.670. The molecule has 1 rings (SSSR count). The van der Waals surface area contributed by atoms with Gasteiger partial charge in [0.15, 0.2) is 0 Å². The zero-order valence-electron chi connectivity index (χ0n) is 9.40. The Morgan fingerprint density at radius 2 is 2.07 bits per heavy atom. The second-order valence-corrected chi connectivity index (χ2v) is 5.35. The molecule has 0 heterocycles. The maximum atomic E-state index is 11.8. The zero-order valence-corrected chi connectivity index (χ0v) is 10.2. The molecule has 0 aliphatic heterocycles. The lowest BCUT2D eigenvalue weighted by atomic mass is 10.1. The quantitative estimate of drug-likeness (QED) is 0.832. The van der Waals surface area contributed by atoms with Crippen LogP contribution in [0.1, 0.15) is 24.5 Å². The molecule has 1 aromatic rings. The highest BCUT2D eigenvalue weighted by molar-refractivity contribution is 7.84. The van der Waals surface area contributed by atoms with Crippen molar-refractivity contribution in [2.75, 3.05) is 5.75 Å². The Kier molecular flexibility index (Phi) is 4.99. The highest BCUT2D eigenvalue weighted by atomic mass is 32.2. The normalized spacial score (nSPS) is 14.9. The smallest absolute Gasteiger partial charge is 0.0488 e. The molecule has 0 amide bonds. The molecule has 1 aromatic carbocycles. The van der Waals surface area contributed by atoms with E-state index in [1.54, 1.807) is 0 Å². The number of nitrogens with two attached hydrogens (primary N) is 1. The summed E-state index contributed by atoms with van der Waals surface area (Å²) < 4.78 is 11.8. The minimum Gasteiger partial charge on any atom is -0.327 e. The predicted octanol–water partition coefficient (Wildman–Crippen LogP) is 1.98. The van der Waals surface area contributed by atoms with Gasteiger partial charge in [0.25, 0.3) is 0 Å². The summed E-state index contributed by atoms with van der Waals surface area (Å²) in [5.74, 6) is 1.23. The molecular formula is C12H19NOS. The molecule has 2 nitrogen and oxygen atoms in total. The largest absolute Gasteiger partial charge is 0.327 e. The van der Waals surface area contributed by atoms with Crippen LogP contribution in [0.25, 0.3) is 0 Å². The molecular weight excluding hydrogens is 206 g/mol. The van der Waals surface area contributed by atoms with Gasteiger partial charge in [0.05, 0.1) is 0 Å². The first kappa shape index (κ1) is 12.4. The molecule has 0 spiro atoms. The fourth-order valence-electron chi connectivity index (χ4n) is 1.36. The highest BCUT2D eigenvalue weighted by Crippen LogP contribution is 2.10. The van der Waals surface area contributed by atoms with E-state index >= 15 is 0 Å². The monoisotopic (exact) mass is 225 g/mol. The minimum atomic E-state index is -0.836. The summed E-state index contributed by atoms with van der Waals surface area (Å²) in [5.41, 5.74) is 8.14. The lowest BCUT2D eigenvalue weighted by Crippen LogP contribution is -2.26. The molecule has 0 radical (unpaired) electrons. The van der Waals surface area contributed by atoms with E-state index in [9.17, 15) is 4.21 Å². The van der Waals surface area contributed by atoms with Gasteiger partial charge in [-0.1, -0.05) is 31.2 Å². The van der Waals surface area contributed by atoms with Gasteiger partial charge in [0.1, 0.15) is 0 Å². The fourth-order valence-corrected chi connectivity index (χ4v) is 2.86. The Morgan fingerprint density at radius 3 is 2.67 bits per heavy atom.